The van der Waals surface area contributed by atoms with Crippen LogP contribution in [0.1, 0.15) is 27.7 Å². The molecule has 0 aliphatic carbocycles. The van der Waals surface area contributed by atoms with E-state index in [1.807, 2.05) is 42.3 Å². The number of carbonyl (C=O) groups excluding carboxylic acids is 1. The van der Waals surface area contributed by atoms with Gasteiger partial charge in [-0.15, -0.1) is 24.8 Å². The van der Waals surface area contributed by atoms with Crippen molar-refractivity contribution in [2.24, 2.45) is 0 Å². The fraction of sp³-hybridized carbons (Fsp3) is 0.312. The standard InChI is InChI=1S/C16H18N4O.2ClH/c1-12-4-5-14(10-19-12)16(21)20-8-7-18-11-15(20)13-3-2-6-17-9-13;;/h2-6,9-10,15,18H,7-8,11H2,1H3;2*1H. The number of pyridine rings is 2. The van der Waals surface area contributed by atoms with Crippen LogP contribution in [0.15, 0.2) is 42.9 Å². The van der Waals surface area contributed by atoms with Gasteiger partial charge in [-0.1, -0.05) is 6.07 Å². The van der Waals surface area contributed by atoms with E-state index < -0.39 is 0 Å². The first-order chi connectivity index (χ1) is 10.3. The Morgan fingerprint density at radius 2 is 2.09 bits per heavy atom. The monoisotopic (exact) mass is 354 g/mol. The van der Waals surface area contributed by atoms with Crippen LogP contribution >= 0.6 is 24.8 Å². The average molecular weight is 355 g/mol. The second-order valence-electron chi connectivity index (χ2n) is 5.19. The number of rotatable bonds is 2. The SMILES string of the molecule is Cc1ccc(C(=O)N2CCNCC2c2cccnc2)cn1.Cl.Cl. The molecule has 7 heteroatoms. The van der Waals surface area contributed by atoms with E-state index in [1.54, 1.807) is 12.4 Å². The molecule has 1 unspecified atom stereocenters. The lowest BCUT2D eigenvalue weighted by atomic mass is 10.0. The summed E-state index contributed by atoms with van der Waals surface area (Å²) in [6.45, 7) is 4.16. The number of aryl methyl sites for hydroxylation is 1. The first kappa shape index (κ1) is 19.4. The van der Waals surface area contributed by atoms with E-state index in [9.17, 15) is 4.79 Å². The highest BCUT2D eigenvalue weighted by atomic mass is 35.5. The lowest BCUT2D eigenvalue weighted by molar-refractivity contribution is 0.0633. The minimum atomic E-state index is 0. The average Bonchev–Trinajstić information content (AvgIpc) is 2.56. The summed E-state index contributed by atoms with van der Waals surface area (Å²) in [7, 11) is 0. The fourth-order valence-corrected chi connectivity index (χ4v) is 2.58. The van der Waals surface area contributed by atoms with Crippen LogP contribution in [-0.4, -0.2) is 40.4 Å². The molecule has 124 valence electrons. The molecule has 1 amide bonds. The van der Waals surface area contributed by atoms with Crippen molar-refractivity contribution in [1.29, 1.82) is 0 Å². The van der Waals surface area contributed by atoms with Gasteiger partial charge in [0, 0.05) is 43.9 Å². The van der Waals surface area contributed by atoms with Crippen molar-refractivity contribution in [3.05, 3.63) is 59.7 Å². The first-order valence-electron chi connectivity index (χ1n) is 7.10. The van der Waals surface area contributed by atoms with Crippen molar-refractivity contribution in [2.75, 3.05) is 19.6 Å². The topological polar surface area (TPSA) is 58.1 Å². The van der Waals surface area contributed by atoms with E-state index in [1.165, 1.54) is 0 Å². The number of amides is 1. The van der Waals surface area contributed by atoms with Crippen molar-refractivity contribution in [1.82, 2.24) is 20.2 Å². The van der Waals surface area contributed by atoms with Gasteiger partial charge in [-0.25, -0.2) is 0 Å². The highest BCUT2D eigenvalue weighted by Gasteiger charge is 2.28. The van der Waals surface area contributed by atoms with Gasteiger partial charge in [-0.2, -0.15) is 0 Å². The maximum Gasteiger partial charge on any atom is 0.256 e. The van der Waals surface area contributed by atoms with Crippen LogP contribution in [0.5, 0.6) is 0 Å². The molecule has 3 heterocycles. The molecule has 0 spiro atoms. The molecule has 1 atom stereocenters. The van der Waals surface area contributed by atoms with Crippen molar-refractivity contribution in [3.8, 4) is 0 Å². The minimum Gasteiger partial charge on any atom is -0.329 e. The molecule has 2 aromatic heterocycles. The Hall–Kier alpha value is -1.69. The van der Waals surface area contributed by atoms with E-state index in [-0.39, 0.29) is 36.8 Å². The highest BCUT2D eigenvalue weighted by Crippen LogP contribution is 2.23. The quantitative estimate of drug-likeness (QED) is 0.899. The lowest BCUT2D eigenvalue weighted by Gasteiger charge is -2.36. The van der Waals surface area contributed by atoms with Crippen LogP contribution in [0.2, 0.25) is 0 Å². The van der Waals surface area contributed by atoms with Gasteiger partial charge >= 0.3 is 0 Å². The smallest absolute Gasteiger partial charge is 0.256 e. The van der Waals surface area contributed by atoms with Gasteiger partial charge in [0.2, 0.25) is 0 Å². The Kier molecular flexibility index (Phi) is 7.42. The lowest BCUT2D eigenvalue weighted by Crippen LogP contribution is -2.48. The van der Waals surface area contributed by atoms with E-state index in [0.29, 0.717) is 12.1 Å². The minimum absolute atomic E-state index is 0. The van der Waals surface area contributed by atoms with Gasteiger partial charge < -0.3 is 10.2 Å². The summed E-state index contributed by atoms with van der Waals surface area (Å²) in [5.74, 6) is 0.0258. The second-order valence-corrected chi connectivity index (χ2v) is 5.19. The number of hydrogen-bond donors (Lipinski definition) is 1. The zero-order valence-corrected chi connectivity index (χ0v) is 14.4. The molecule has 1 aliphatic rings. The van der Waals surface area contributed by atoms with Gasteiger partial charge in [-0.3, -0.25) is 14.8 Å². The van der Waals surface area contributed by atoms with E-state index in [4.69, 9.17) is 0 Å². The third-order valence-corrected chi connectivity index (χ3v) is 3.73. The summed E-state index contributed by atoms with van der Waals surface area (Å²) in [6, 6.07) is 7.64. The van der Waals surface area contributed by atoms with Crippen LogP contribution in [0, 0.1) is 6.92 Å². The molecule has 0 saturated carbocycles. The van der Waals surface area contributed by atoms with Crippen LogP contribution in [0.3, 0.4) is 0 Å². The Balaban J connectivity index is 0.00000132. The molecule has 5 nitrogen and oxygen atoms in total. The highest BCUT2D eigenvalue weighted by molar-refractivity contribution is 5.94. The summed E-state index contributed by atoms with van der Waals surface area (Å²) in [6.07, 6.45) is 5.22. The molecule has 3 rings (SSSR count). The fourth-order valence-electron chi connectivity index (χ4n) is 2.58. The molecule has 23 heavy (non-hydrogen) atoms. The predicted molar refractivity (Wildman–Crippen MR) is 94.4 cm³/mol. The summed E-state index contributed by atoms with van der Waals surface area (Å²) in [5, 5.41) is 3.34. The van der Waals surface area contributed by atoms with Gasteiger partial charge in [-0.05, 0) is 30.7 Å². The van der Waals surface area contributed by atoms with Gasteiger partial charge in [0.1, 0.15) is 0 Å². The Labute approximate surface area is 148 Å². The van der Waals surface area contributed by atoms with Crippen LogP contribution in [-0.2, 0) is 0 Å². The van der Waals surface area contributed by atoms with Crippen LogP contribution < -0.4 is 5.32 Å². The Morgan fingerprint density at radius 3 is 2.74 bits per heavy atom. The Morgan fingerprint density at radius 1 is 1.26 bits per heavy atom. The van der Waals surface area contributed by atoms with E-state index in [2.05, 4.69) is 15.3 Å². The molecule has 0 radical (unpaired) electrons. The second kappa shape index (κ2) is 8.82. The van der Waals surface area contributed by atoms with Crippen molar-refractivity contribution in [2.45, 2.75) is 13.0 Å². The number of piperazine rings is 1. The summed E-state index contributed by atoms with van der Waals surface area (Å²) >= 11 is 0. The zero-order chi connectivity index (χ0) is 14.7. The number of nitrogens with one attached hydrogen (secondary N) is 1. The van der Waals surface area contributed by atoms with Crippen LogP contribution in [0.25, 0.3) is 0 Å². The van der Waals surface area contributed by atoms with Crippen LogP contribution in [0.4, 0.5) is 0 Å². The number of carbonyl (C=O) groups is 1. The maximum atomic E-state index is 12.7. The summed E-state index contributed by atoms with van der Waals surface area (Å²) < 4.78 is 0. The van der Waals surface area contributed by atoms with E-state index in [0.717, 1.165) is 24.3 Å². The first-order valence-corrected chi connectivity index (χ1v) is 7.10. The number of aromatic nitrogens is 2. The molecule has 2 aromatic rings. The van der Waals surface area contributed by atoms with Crippen molar-refractivity contribution < 1.29 is 4.79 Å². The van der Waals surface area contributed by atoms with Crippen molar-refractivity contribution in [3.63, 3.8) is 0 Å². The third kappa shape index (κ3) is 4.41. The molecular weight excluding hydrogens is 335 g/mol. The molecule has 0 aromatic carbocycles. The maximum absolute atomic E-state index is 12.7. The zero-order valence-electron chi connectivity index (χ0n) is 12.8. The molecular formula is C16H20Cl2N4O. The molecule has 1 aliphatic heterocycles. The Bertz CT molecular complexity index is 622. The molecule has 0 bridgehead atoms. The summed E-state index contributed by atoms with van der Waals surface area (Å²) in [5.41, 5.74) is 2.60. The molecule has 1 N–H and O–H groups in total. The largest absolute Gasteiger partial charge is 0.329 e. The predicted octanol–water partition coefficient (Wildman–Crippen LogP) is 2.42. The molecule has 1 fully saturated rings. The normalized spacial score (nSPS) is 16.9. The summed E-state index contributed by atoms with van der Waals surface area (Å²) in [4.78, 5) is 23.0. The number of hydrogen-bond acceptors (Lipinski definition) is 4. The number of nitrogens with zero attached hydrogens (tertiary/aromatic N) is 3. The van der Waals surface area contributed by atoms with Gasteiger partial charge in [0.05, 0.1) is 11.6 Å². The van der Waals surface area contributed by atoms with Gasteiger partial charge in [0.25, 0.3) is 5.91 Å². The van der Waals surface area contributed by atoms with E-state index >= 15 is 0 Å². The molecule has 1 saturated heterocycles. The third-order valence-electron chi connectivity index (χ3n) is 3.73. The van der Waals surface area contributed by atoms with Crippen molar-refractivity contribution >= 4 is 30.7 Å². The van der Waals surface area contributed by atoms with Gasteiger partial charge in [0.15, 0.2) is 0 Å². The number of halogens is 2.